The number of esters is 1. The number of methoxy groups -OCH3 is 1. The van der Waals surface area contributed by atoms with Gasteiger partial charge >= 0.3 is 5.97 Å². The van der Waals surface area contributed by atoms with E-state index in [1.165, 1.54) is 52.1 Å². The Morgan fingerprint density at radius 1 is 0.947 bits per heavy atom. The molecule has 6 nitrogen and oxygen atoms in total. The molecule has 4 unspecified atom stereocenters. The summed E-state index contributed by atoms with van der Waals surface area (Å²) in [4.78, 5) is 24.3. The van der Waals surface area contributed by atoms with Crippen LogP contribution in [0, 0.1) is 46.3 Å². The molecule has 0 radical (unpaired) electrons. The fourth-order valence-corrected chi connectivity index (χ4v) is 10.1. The molecule has 1 amide bonds. The van der Waals surface area contributed by atoms with E-state index in [1.54, 1.807) is 6.92 Å². The molecule has 0 bridgehead atoms. The van der Waals surface area contributed by atoms with Crippen molar-refractivity contribution in [3.63, 3.8) is 0 Å². The zero-order chi connectivity index (χ0) is 27.7. The summed E-state index contributed by atoms with van der Waals surface area (Å²) in [5.41, 5.74) is 0.683. The van der Waals surface area contributed by atoms with E-state index < -0.39 is 0 Å². The van der Waals surface area contributed by atoms with Gasteiger partial charge in [0.05, 0.1) is 7.11 Å². The Labute approximate surface area is 232 Å². The first-order valence-electron chi connectivity index (χ1n) is 15.8. The third kappa shape index (κ3) is 5.96. The number of carbonyl (C=O) groups is 2. The van der Waals surface area contributed by atoms with Gasteiger partial charge < -0.3 is 20.7 Å². The first-order chi connectivity index (χ1) is 18.0. The Morgan fingerprint density at radius 2 is 1.66 bits per heavy atom. The summed E-state index contributed by atoms with van der Waals surface area (Å²) in [6, 6.07) is 1.42. The second kappa shape index (κ2) is 12.2. The van der Waals surface area contributed by atoms with Crippen molar-refractivity contribution in [2.75, 3.05) is 20.2 Å². The fourth-order valence-electron chi connectivity index (χ4n) is 10.1. The minimum absolute atomic E-state index is 0.0847. The first-order valence-corrected chi connectivity index (χ1v) is 15.8. The third-order valence-corrected chi connectivity index (χ3v) is 12.0. The predicted octanol–water partition coefficient (Wildman–Crippen LogP) is 5.31. The molecule has 4 aliphatic rings. The largest absolute Gasteiger partial charge is 0.469 e. The van der Waals surface area contributed by atoms with Gasteiger partial charge in [-0.1, -0.05) is 34.6 Å². The van der Waals surface area contributed by atoms with Crippen molar-refractivity contribution in [2.45, 2.75) is 124 Å². The van der Waals surface area contributed by atoms with Crippen LogP contribution in [-0.4, -0.2) is 50.2 Å². The zero-order valence-corrected chi connectivity index (χ0v) is 25.4. The number of hydrogen-bond acceptors (Lipinski definition) is 5. The lowest BCUT2D eigenvalue weighted by molar-refractivity contribution is -0.142. The van der Waals surface area contributed by atoms with Crippen molar-refractivity contribution >= 4 is 11.9 Å². The van der Waals surface area contributed by atoms with E-state index in [-0.39, 0.29) is 11.9 Å². The van der Waals surface area contributed by atoms with Gasteiger partial charge in [0.2, 0.25) is 5.91 Å². The topological polar surface area (TPSA) is 79.5 Å². The molecule has 4 rings (SSSR count). The van der Waals surface area contributed by atoms with Gasteiger partial charge in [-0.25, -0.2) is 0 Å². The quantitative estimate of drug-likeness (QED) is 0.263. The van der Waals surface area contributed by atoms with E-state index in [2.05, 4.69) is 50.6 Å². The minimum Gasteiger partial charge on any atom is -0.469 e. The predicted molar refractivity (Wildman–Crippen MR) is 154 cm³/mol. The summed E-state index contributed by atoms with van der Waals surface area (Å²) in [6.07, 6.45) is 11.5. The van der Waals surface area contributed by atoms with Gasteiger partial charge in [0.1, 0.15) is 0 Å². The molecule has 0 saturated heterocycles. The molecule has 4 fully saturated rings. The normalized spacial score (nSPS) is 41.1. The van der Waals surface area contributed by atoms with Gasteiger partial charge in [-0.05, 0) is 104 Å². The second-order valence-electron chi connectivity index (χ2n) is 14.4. The van der Waals surface area contributed by atoms with Crippen LogP contribution in [0.15, 0.2) is 0 Å². The monoisotopic (exact) mass is 531 g/mol. The zero-order valence-electron chi connectivity index (χ0n) is 25.4. The molecule has 4 saturated carbocycles. The van der Waals surface area contributed by atoms with Crippen molar-refractivity contribution in [3.8, 4) is 0 Å². The summed E-state index contributed by atoms with van der Waals surface area (Å²) in [5, 5.41) is 10.9. The highest BCUT2D eigenvalue weighted by Gasteiger charge is 2.63. The minimum atomic E-state index is -0.0847. The number of nitrogens with one attached hydrogen (secondary N) is 3. The van der Waals surface area contributed by atoms with Crippen LogP contribution in [0.2, 0.25) is 0 Å². The summed E-state index contributed by atoms with van der Waals surface area (Å²) >= 11 is 0. The molecule has 0 aromatic carbocycles. The van der Waals surface area contributed by atoms with Crippen molar-refractivity contribution in [1.29, 1.82) is 0 Å². The van der Waals surface area contributed by atoms with Crippen molar-refractivity contribution in [1.82, 2.24) is 16.0 Å². The number of amides is 1. The number of rotatable bonds is 10. The maximum absolute atomic E-state index is 12.5. The first kappa shape index (κ1) is 29.8. The maximum Gasteiger partial charge on any atom is 0.305 e. The number of hydrogen-bond donors (Lipinski definition) is 3. The van der Waals surface area contributed by atoms with E-state index in [9.17, 15) is 9.59 Å². The van der Waals surface area contributed by atoms with Crippen LogP contribution < -0.4 is 16.0 Å². The van der Waals surface area contributed by atoms with Crippen LogP contribution in [0.5, 0.6) is 0 Å². The van der Waals surface area contributed by atoms with Crippen LogP contribution in [-0.2, 0) is 14.3 Å². The Balaban J connectivity index is 1.49. The van der Waals surface area contributed by atoms with Gasteiger partial charge in [-0.15, -0.1) is 0 Å². The summed E-state index contributed by atoms with van der Waals surface area (Å²) < 4.78 is 4.94. The highest BCUT2D eigenvalue weighted by molar-refractivity contribution is 5.73. The van der Waals surface area contributed by atoms with Crippen LogP contribution in [0.3, 0.4) is 0 Å². The van der Waals surface area contributed by atoms with Crippen molar-refractivity contribution in [3.05, 3.63) is 0 Å². The second-order valence-corrected chi connectivity index (χ2v) is 14.4. The SMILES string of the molecule is COC(=O)CC[C@@H](C)[C@H]1CCC2C3C(NC(C)=O)C[C@H]4C[C@@H](NCCNC(C)C)CC[C@]4(C)C3CC[C@@]21C. The average molecular weight is 532 g/mol. The lowest BCUT2D eigenvalue weighted by Crippen LogP contribution is -2.62. The average Bonchev–Trinajstić information content (AvgIpc) is 3.22. The number of carbonyl (C=O) groups excluding carboxylic acids is 2. The summed E-state index contributed by atoms with van der Waals surface area (Å²) in [5.74, 6) is 3.85. The molecule has 0 aromatic heterocycles. The van der Waals surface area contributed by atoms with E-state index in [0.29, 0.717) is 70.9 Å². The Hall–Kier alpha value is -1.14. The third-order valence-electron chi connectivity index (χ3n) is 12.0. The molecular weight excluding hydrogens is 474 g/mol. The molecule has 10 atom stereocenters. The molecule has 3 N–H and O–H groups in total. The number of ether oxygens (including phenoxy) is 1. The van der Waals surface area contributed by atoms with Gasteiger partial charge in [-0.2, -0.15) is 0 Å². The summed E-state index contributed by atoms with van der Waals surface area (Å²) in [7, 11) is 1.49. The molecule has 4 aliphatic carbocycles. The van der Waals surface area contributed by atoms with E-state index in [4.69, 9.17) is 4.74 Å². The van der Waals surface area contributed by atoms with Crippen LogP contribution >= 0.6 is 0 Å². The molecule has 0 spiro atoms. The van der Waals surface area contributed by atoms with Crippen molar-refractivity contribution in [2.24, 2.45) is 46.3 Å². The molecule has 38 heavy (non-hydrogen) atoms. The van der Waals surface area contributed by atoms with Gasteiger partial charge in [0, 0.05) is 44.6 Å². The maximum atomic E-state index is 12.5. The number of fused-ring (bicyclic) bond motifs is 5. The summed E-state index contributed by atoms with van der Waals surface area (Å²) in [6.45, 7) is 15.7. The van der Waals surface area contributed by atoms with Gasteiger partial charge in [0.25, 0.3) is 0 Å². The van der Waals surface area contributed by atoms with Gasteiger partial charge in [0.15, 0.2) is 0 Å². The Bertz CT molecular complexity index is 833. The molecule has 0 heterocycles. The van der Waals surface area contributed by atoms with Crippen LogP contribution in [0.25, 0.3) is 0 Å². The van der Waals surface area contributed by atoms with Gasteiger partial charge in [-0.3, -0.25) is 9.59 Å². The highest BCUT2D eigenvalue weighted by Crippen LogP contribution is 2.68. The molecule has 6 heteroatoms. The Kier molecular flexibility index (Phi) is 9.55. The van der Waals surface area contributed by atoms with E-state index in [0.717, 1.165) is 25.9 Å². The molecule has 218 valence electrons. The van der Waals surface area contributed by atoms with Crippen molar-refractivity contribution < 1.29 is 14.3 Å². The molecule has 0 aliphatic heterocycles. The molecule has 0 aromatic rings. The molecular formula is C32H57N3O3. The van der Waals surface area contributed by atoms with E-state index >= 15 is 0 Å². The lowest BCUT2D eigenvalue weighted by atomic mass is 9.43. The lowest BCUT2D eigenvalue weighted by Gasteiger charge is -2.63. The Morgan fingerprint density at radius 3 is 2.34 bits per heavy atom. The van der Waals surface area contributed by atoms with Crippen LogP contribution in [0.4, 0.5) is 0 Å². The smallest absolute Gasteiger partial charge is 0.305 e. The fraction of sp³-hybridized carbons (Fsp3) is 0.938. The van der Waals surface area contributed by atoms with Crippen LogP contribution in [0.1, 0.15) is 106 Å². The highest BCUT2D eigenvalue weighted by atomic mass is 16.5. The standard InChI is InChI=1S/C32H57N3O3/c1-20(2)33-16-17-34-24-12-14-31(5)23(18-24)19-28(35-22(4)36)30-26-10-9-25(21(3)8-11-29(37)38-7)32(26,6)15-13-27(30)31/h20-21,23-28,30,33-34H,8-19H2,1-7H3,(H,35,36)/t21-,23-,24+,25-,26?,27?,28?,30?,31+,32-/m1/s1. The van der Waals surface area contributed by atoms with E-state index in [1.807, 2.05) is 0 Å².